The molecule has 1 aliphatic rings. The summed E-state index contributed by atoms with van der Waals surface area (Å²) >= 11 is 0. The first-order chi connectivity index (χ1) is 7.67. The van der Waals surface area contributed by atoms with E-state index < -0.39 is 17.4 Å². The topological polar surface area (TPSA) is 66.4 Å². The Kier molecular flexibility index (Phi) is 3.84. The molecule has 1 aliphatic carbocycles. The Morgan fingerprint density at radius 3 is 2.06 bits per heavy atom. The molecule has 0 radical (unpaired) electrons. The van der Waals surface area contributed by atoms with E-state index in [9.17, 15) is 9.59 Å². The SMILES string of the molecule is CC1(C(=O)N[C@H](C(=O)O)C(C)(C)C)CCCC1. The van der Waals surface area contributed by atoms with Crippen LogP contribution in [0.25, 0.3) is 0 Å². The van der Waals surface area contributed by atoms with Gasteiger partial charge in [-0.1, -0.05) is 40.5 Å². The summed E-state index contributed by atoms with van der Waals surface area (Å²) in [7, 11) is 0. The summed E-state index contributed by atoms with van der Waals surface area (Å²) in [6.45, 7) is 7.39. The summed E-state index contributed by atoms with van der Waals surface area (Å²) in [6, 6.07) is -0.826. The van der Waals surface area contributed by atoms with Crippen LogP contribution in [0.2, 0.25) is 0 Å². The van der Waals surface area contributed by atoms with Crippen LogP contribution in [-0.4, -0.2) is 23.0 Å². The van der Waals surface area contributed by atoms with Crippen molar-refractivity contribution in [2.24, 2.45) is 10.8 Å². The highest BCUT2D eigenvalue weighted by molar-refractivity contribution is 5.87. The van der Waals surface area contributed by atoms with Crippen LogP contribution in [0.4, 0.5) is 0 Å². The number of carboxylic acid groups (broad SMARTS) is 1. The van der Waals surface area contributed by atoms with Crippen molar-refractivity contribution >= 4 is 11.9 Å². The summed E-state index contributed by atoms with van der Waals surface area (Å²) in [4.78, 5) is 23.3. The van der Waals surface area contributed by atoms with Crippen LogP contribution >= 0.6 is 0 Å². The molecule has 2 N–H and O–H groups in total. The molecular formula is C13H23NO3. The highest BCUT2D eigenvalue weighted by Crippen LogP contribution is 2.38. The predicted molar refractivity (Wildman–Crippen MR) is 65.6 cm³/mol. The molecule has 0 spiro atoms. The van der Waals surface area contributed by atoms with E-state index >= 15 is 0 Å². The number of aliphatic carboxylic acids is 1. The maximum absolute atomic E-state index is 12.2. The van der Waals surface area contributed by atoms with Crippen molar-refractivity contribution in [1.82, 2.24) is 5.32 Å². The third-order valence-corrected chi connectivity index (χ3v) is 3.64. The molecule has 0 heterocycles. The number of amides is 1. The van der Waals surface area contributed by atoms with Gasteiger partial charge in [-0.25, -0.2) is 4.79 Å². The van der Waals surface area contributed by atoms with Crippen molar-refractivity contribution in [2.45, 2.75) is 59.4 Å². The van der Waals surface area contributed by atoms with Crippen molar-refractivity contribution in [3.63, 3.8) is 0 Å². The fourth-order valence-corrected chi connectivity index (χ4v) is 2.34. The van der Waals surface area contributed by atoms with Gasteiger partial charge in [-0.2, -0.15) is 0 Å². The average Bonchev–Trinajstić information content (AvgIpc) is 2.60. The lowest BCUT2D eigenvalue weighted by Crippen LogP contribution is -2.52. The summed E-state index contributed by atoms with van der Waals surface area (Å²) in [5, 5.41) is 11.9. The molecule has 0 bridgehead atoms. The molecule has 1 rings (SSSR count). The van der Waals surface area contributed by atoms with Crippen LogP contribution in [0.1, 0.15) is 53.4 Å². The standard InChI is InChI=1S/C13H23NO3/c1-12(2,3)9(10(15)16)14-11(17)13(4)7-5-6-8-13/h9H,5-8H2,1-4H3,(H,14,17)(H,15,16)/t9-/m1/s1. The number of rotatable bonds is 3. The summed E-state index contributed by atoms with van der Waals surface area (Å²) in [5.41, 5.74) is -0.852. The minimum Gasteiger partial charge on any atom is -0.480 e. The van der Waals surface area contributed by atoms with E-state index in [0.717, 1.165) is 25.7 Å². The first-order valence-corrected chi connectivity index (χ1v) is 6.20. The zero-order valence-electron chi connectivity index (χ0n) is 11.2. The third-order valence-electron chi connectivity index (χ3n) is 3.64. The molecule has 0 aromatic carbocycles. The molecule has 17 heavy (non-hydrogen) atoms. The molecule has 1 saturated carbocycles. The summed E-state index contributed by atoms with van der Waals surface area (Å²) in [6.07, 6.45) is 3.82. The molecule has 1 fully saturated rings. The van der Waals surface area contributed by atoms with E-state index in [1.54, 1.807) is 0 Å². The second-order valence-corrected chi connectivity index (χ2v) is 6.38. The molecular weight excluding hydrogens is 218 g/mol. The second kappa shape index (κ2) is 4.67. The normalized spacial score (nSPS) is 20.9. The number of nitrogens with one attached hydrogen (secondary N) is 1. The minimum atomic E-state index is -0.965. The lowest BCUT2D eigenvalue weighted by atomic mass is 9.83. The molecule has 1 amide bonds. The van der Waals surface area contributed by atoms with Crippen molar-refractivity contribution in [3.05, 3.63) is 0 Å². The molecule has 0 unspecified atom stereocenters. The minimum absolute atomic E-state index is 0.114. The smallest absolute Gasteiger partial charge is 0.326 e. The number of carbonyl (C=O) groups excluding carboxylic acids is 1. The van der Waals surface area contributed by atoms with Crippen LogP contribution in [-0.2, 0) is 9.59 Å². The lowest BCUT2D eigenvalue weighted by molar-refractivity contribution is -0.146. The Balaban J connectivity index is 2.75. The fraction of sp³-hybridized carbons (Fsp3) is 0.846. The van der Waals surface area contributed by atoms with Gasteiger partial charge in [0.15, 0.2) is 0 Å². The number of hydrogen-bond donors (Lipinski definition) is 2. The third kappa shape index (κ3) is 3.20. The number of carboxylic acids is 1. The Morgan fingerprint density at radius 1 is 1.24 bits per heavy atom. The van der Waals surface area contributed by atoms with Crippen LogP contribution in [0.3, 0.4) is 0 Å². The molecule has 4 heteroatoms. The van der Waals surface area contributed by atoms with Gasteiger partial charge in [0.2, 0.25) is 5.91 Å². The zero-order valence-corrected chi connectivity index (χ0v) is 11.2. The van der Waals surface area contributed by atoms with Crippen LogP contribution in [0, 0.1) is 10.8 Å². The van der Waals surface area contributed by atoms with E-state index in [-0.39, 0.29) is 11.3 Å². The Labute approximate surface area is 103 Å². The Morgan fingerprint density at radius 2 is 1.71 bits per heavy atom. The Hall–Kier alpha value is -1.06. The zero-order chi connectivity index (χ0) is 13.3. The second-order valence-electron chi connectivity index (χ2n) is 6.38. The quantitative estimate of drug-likeness (QED) is 0.796. The van der Waals surface area contributed by atoms with Crippen LogP contribution in [0.15, 0.2) is 0 Å². The van der Waals surface area contributed by atoms with Gasteiger partial charge in [0.05, 0.1) is 0 Å². The largest absolute Gasteiger partial charge is 0.480 e. The summed E-state index contributed by atoms with van der Waals surface area (Å²) < 4.78 is 0. The number of carbonyl (C=O) groups is 2. The maximum atomic E-state index is 12.2. The van der Waals surface area contributed by atoms with Gasteiger partial charge in [-0.3, -0.25) is 4.79 Å². The van der Waals surface area contributed by atoms with E-state index in [1.807, 2.05) is 27.7 Å². The highest BCUT2D eigenvalue weighted by Gasteiger charge is 2.40. The Bertz CT molecular complexity index is 311. The van der Waals surface area contributed by atoms with Gasteiger partial charge in [-0.15, -0.1) is 0 Å². The molecule has 0 saturated heterocycles. The molecule has 4 nitrogen and oxygen atoms in total. The fourth-order valence-electron chi connectivity index (χ4n) is 2.34. The molecule has 98 valence electrons. The first-order valence-electron chi connectivity index (χ1n) is 6.20. The summed E-state index contributed by atoms with van der Waals surface area (Å²) in [5.74, 6) is -1.08. The maximum Gasteiger partial charge on any atom is 0.326 e. The van der Waals surface area contributed by atoms with E-state index in [2.05, 4.69) is 5.32 Å². The molecule has 0 aromatic rings. The predicted octanol–water partition coefficient (Wildman–Crippen LogP) is 2.18. The van der Waals surface area contributed by atoms with Gasteiger partial charge in [-0.05, 0) is 18.3 Å². The van der Waals surface area contributed by atoms with E-state index in [1.165, 1.54) is 0 Å². The highest BCUT2D eigenvalue weighted by atomic mass is 16.4. The van der Waals surface area contributed by atoms with Crippen LogP contribution < -0.4 is 5.32 Å². The monoisotopic (exact) mass is 241 g/mol. The van der Waals surface area contributed by atoms with Crippen molar-refractivity contribution in [3.8, 4) is 0 Å². The molecule has 0 aromatic heterocycles. The van der Waals surface area contributed by atoms with Crippen molar-refractivity contribution < 1.29 is 14.7 Å². The van der Waals surface area contributed by atoms with Gasteiger partial charge in [0.25, 0.3) is 0 Å². The van der Waals surface area contributed by atoms with Gasteiger partial charge in [0, 0.05) is 5.41 Å². The lowest BCUT2D eigenvalue weighted by Gasteiger charge is -2.31. The van der Waals surface area contributed by atoms with Gasteiger partial charge in [0.1, 0.15) is 6.04 Å². The van der Waals surface area contributed by atoms with Crippen molar-refractivity contribution in [1.29, 1.82) is 0 Å². The first kappa shape index (κ1) is 14.0. The molecule has 1 atom stereocenters. The van der Waals surface area contributed by atoms with E-state index in [4.69, 9.17) is 5.11 Å². The molecule has 0 aliphatic heterocycles. The van der Waals surface area contributed by atoms with Crippen molar-refractivity contribution in [2.75, 3.05) is 0 Å². The van der Waals surface area contributed by atoms with E-state index in [0.29, 0.717) is 0 Å². The van der Waals surface area contributed by atoms with Gasteiger partial charge >= 0.3 is 5.97 Å². The number of hydrogen-bond acceptors (Lipinski definition) is 2. The average molecular weight is 241 g/mol. The van der Waals surface area contributed by atoms with Gasteiger partial charge < -0.3 is 10.4 Å². The van der Waals surface area contributed by atoms with Crippen LogP contribution in [0.5, 0.6) is 0 Å².